The highest BCUT2D eigenvalue weighted by Gasteiger charge is 2.44. The molecule has 0 spiro atoms. The number of ether oxygens (including phenoxy) is 3. The number of benzene rings is 1. The van der Waals surface area contributed by atoms with Gasteiger partial charge >= 0.3 is 12.2 Å². The van der Waals surface area contributed by atoms with Gasteiger partial charge in [-0.05, 0) is 41.8 Å². The topological polar surface area (TPSA) is 96.4 Å². The number of aliphatic hydroxyl groups excluding tert-OH is 1. The van der Waals surface area contributed by atoms with E-state index in [-0.39, 0.29) is 26.4 Å². The average molecular weight is 541 g/mol. The maximum absolute atomic E-state index is 13.0. The smallest absolute Gasteiger partial charge is 0.416 e. The Labute approximate surface area is 220 Å². The van der Waals surface area contributed by atoms with Gasteiger partial charge in [0.25, 0.3) is 0 Å². The molecular formula is C26H35F3N4O5. The molecule has 0 bridgehead atoms. The number of morpholine rings is 2. The second kappa shape index (κ2) is 13.6. The molecule has 1 aromatic heterocycles. The number of hydrogen-bond donors (Lipinski definition) is 2. The Morgan fingerprint density at radius 1 is 1.16 bits per heavy atom. The molecule has 4 rings (SSSR count). The van der Waals surface area contributed by atoms with Crippen molar-refractivity contribution in [3.05, 3.63) is 35.9 Å². The summed E-state index contributed by atoms with van der Waals surface area (Å²) >= 11 is 0. The molecule has 2 saturated heterocycles. The van der Waals surface area contributed by atoms with Crippen LogP contribution >= 0.6 is 0 Å². The Morgan fingerprint density at radius 3 is 2.58 bits per heavy atom. The van der Waals surface area contributed by atoms with E-state index in [1.807, 2.05) is 32.9 Å². The summed E-state index contributed by atoms with van der Waals surface area (Å²) < 4.78 is 54.9. The Kier molecular flexibility index (Phi) is 10.6. The molecule has 2 N–H and O–H groups in total. The van der Waals surface area contributed by atoms with Crippen LogP contribution in [0.4, 0.5) is 29.5 Å². The van der Waals surface area contributed by atoms with Crippen LogP contribution in [0.25, 0.3) is 11.1 Å². The maximum atomic E-state index is 13.0. The van der Waals surface area contributed by atoms with Crippen molar-refractivity contribution < 1.29 is 37.3 Å². The standard InChI is InChI=1S/C24H29F3N4O5.C2H6/c1-16-2-3-18(28-23(33)31-6-10-35-20(15-31)24(25,26)27)14-19(16)17-12-21(30-4-8-34-9-5-30)29-22(13-17)36-11-7-32;1-2/h2-3,12-14,20,32H,4-11,15H2,1H3,(H,28,33);1-2H3/t20-;/m0./s1. The quantitative estimate of drug-likeness (QED) is 0.570. The number of pyridine rings is 1. The fourth-order valence-corrected chi connectivity index (χ4v) is 4.07. The minimum Gasteiger partial charge on any atom is -0.475 e. The third-order valence-electron chi connectivity index (χ3n) is 5.98. The number of nitrogens with one attached hydrogen (secondary N) is 1. The van der Waals surface area contributed by atoms with Gasteiger partial charge in [-0.2, -0.15) is 18.2 Å². The van der Waals surface area contributed by atoms with Gasteiger partial charge in [0.05, 0.1) is 33.0 Å². The Hall–Kier alpha value is -3.09. The molecule has 0 unspecified atom stereocenters. The molecule has 0 radical (unpaired) electrons. The third kappa shape index (κ3) is 7.71. The van der Waals surface area contributed by atoms with E-state index in [2.05, 4.69) is 15.2 Å². The van der Waals surface area contributed by atoms with E-state index in [0.717, 1.165) is 21.6 Å². The summed E-state index contributed by atoms with van der Waals surface area (Å²) in [5.74, 6) is 1.05. The number of aliphatic hydroxyl groups is 1. The van der Waals surface area contributed by atoms with Crippen molar-refractivity contribution in [2.45, 2.75) is 33.1 Å². The highest BCUT2D eigenvalue weighted by atomic mass is 19.4. The monoisotopic (exact) mass is 540 g/mol. The first-order chi connectivity index (χ1) is 18.2. The van der Waals surface area contributed by atoms with E-state index in [9.17, 15) is 23.1 Å². The summed E-state index contributed by atoms with van der Waals surface area (Å²) in [5.41, 5.74) is 2.95. The van der Waals surface area contributed by atoms with Crippen molar-refractivity contribution in [3.63, 3.8) is 0 Å². The molecule has 210 valence electrons. The molecule has 2 fully saturated rings. The predicted octanol–water partition coefficient (Wildman–Crippen LogP) is 4.09. The van der Waals surface area contributed by atoms with Crippen LogP contribution in [0, 0.1) is 6.92 Å². The molecule has 12 heteroatoms. The summed E-state index contributed by atoms with van der Waals surface area (Å²) in [6.45, 7) is 7.67. The van der Waals surface area contributed by atoms with Gasteiger partial charge in [-0.1, -0.05) is 19.9 Å². The number of nitrogens with zero attached hydrogens (tertiary/aromatic N) is 3. The first kappa shape index (κ1) is 29.5. The molecule has 1 aromatic carbocycles. The fraction of sp³-hybridized carbons (Fsp3) is 0.538. The number of aryl methyl sites for hydroxylation is 1. The maximum Gasteiger partial charge on any atom is 0.416 e. The van der Waals surface area contributed by atoms with Crippen LogP contribution in [-0.4, -0.2) is 92.5 Å². The van der Waals surface area contributed by atoms with E-state index < -0.39 is 24.9 Å². The number of anilines is 2. The van der Waals surface area contributed by atoms with E-state index in [4.69, 9.17) is 14.2 Å². The van der Waals surface area contributed by atoms with Crippen LogP contribution in [0.15, 0.2) is 30.3 Å². The molecule has 0 aliphatic carbocycles. The molecule has 9 nitrogen and oxygen atoms in total. The highest BCUT2D eigenvalue weighted by molar-refractivity contribution is 5.90. The minimum absolute atomic E-state index is 0.0654. The zero-order valence-electron chi connectivity index (χ0n) is 21.9. The number of hydrogen-bond acceptors (Lipinski definition) is 7. The minimum atomic E-state index is -4.54. The lowest BCUT2D eigenvalue weighted by molar-refractivity contribution is -0.233. The SMILES string of the molecule is CC.Cc1ccc(NC(=O)N2CCO[C@H](C(F)(F)F)C2)cc1-c1cc(OCCO)nc(N2CCOCC2)c1. The molecule has 38 heavy (non-hydrogen) atoms. The van der Waals surface area contributed by atoms with Crippen molar-refractivity contribution in [3.8, 4) is 17.0 Å². The lowest BCUT2D eigenvalue weighted by atomic mass is 10.0. The average Bonchev–Trinajstić information content (AvgIpc) is 2.94. The lowest BCUT2D eigenvalue weighted by Gasteiger charge is -2.33. The zero-order valence-corrected chi connectivity index (χ0v) is 21.9. The Bertz CT molecular complexity index is 1060. The van der Waals surface area contributed by atoms with Crippen molar-refractivity contribution >= 4 is 17.5 Å². The van der Waals surface area contributed by atoms with Gasteiger partial charge in [0.2, 0.25) is 5.88 Å². The summed E-state index contributed by atoms with van der Waals surface area (Å²) in [5, 5.41) is 11.9. The van der Waals surface area contributed by atoms with Gasteiger partial charge in [-0.3, -0.25) is 0 Å². The van der Waals surface area contributed by atoms with Crippen LogP contribution < -0.4 is 15.0 Å². The van der Waals surface area contributed by atoms with Crippen molar-refractivity contribution in [2.75, 3.05) is 69.4 Å². The normalized spacial score (nSPS) is 17.9. The van der Waals surface area contributed by atoms with Crippen molar-refractivity contribution in [1.29, 1.82) is 0 Å². The second-order valence-corrected chi connectivity index (χ2v) is 8.53. The van der Waals surface area contributed by atoms with Gasteiger partial charge in [0.15, 0.2) is 6.10 Å². The van der Waals surface area contributed by atoms with E-state index >= 15 is 0 Å². The first-order valence-electron chi connectivity index (χ1n) is 12.7. The lowest BCUT2D eigenvalue weighted by Crippen LogP contribution is -2.52. The zero-order chi connectivity index (χ0) is 27.7. The van der Waals surface area contributed by atoms with Gasteiger partial charge in [0, 0.05) is 31.4 Å². The molecule has 2 aliphatic rings. The molecule has 2 amide bonds. The van der Waals surface area contributed by atoms with E-state index in [1.165, 1.54) is 0 Å². The second-order valence-electron chi connectivity index (χ2n) is 8.53. The van der Waals surface area contributed by atoms with Crippen LogP contribution in [-0.2, 0) is 9.47 Å². The molecule has 2 aromatic rings. The van der Waals surface area contributed by atoms with Crippen LogP contribution in [0.2, 0.25) is 0 Å². The summed E-state index contributed by atoms with van der Waals surface area (Å²) in [6.07, 6.45) is -6.54. The number of carbonyl (C=O) groups excluding carboxylic acids is 1. The third-order valence-corrected chi connectivity index (χ3v) is 5.98. The number of amides is 2. The van der Waals surface area contributed by atoms with Crippen LogP contribution in [0.3, 0.4) is 0 Å². The number of carbonyl (C=O) groups is 1. The summed E-state index contributed by atoms with van der Waals surface area (Å²) in [7, 11) is 0. The highest BCUT2D eigenvalue weighted by Crippen LogP contribution is 2.32. The van der Waals surface area contributed by atoms with Crippen molar-refractivity contribution in [2.24, 2.45) is 0 Å². The van der Waals surface area contributed by atoms with Crippen molar-refractivity contribution in [1.82, 2.24) is 9.88 Å². The largest absolute Gasteiger partial charge is 0.475 e. The number of alkyl halides is 3. The first-order valence-corrected chi connectivity index (χ1v) is 12.7. The molecular weight excluding hydrogens is 505 g/mol. The number of rotatable bonds is 6. The number of urea groups is 1. The van der Waals surface area contributed by atoms with Gasteiger partial charge in [-0.25, -0.2) is 4.79 Å². The Morgan fingerprint density at radius 2 is 1.89 bits per heavy atom. The van der Waals surface area contributed by atoms with Crippen LogP contribution in [0.1, 0.15) is 19.4 Å². The molecule has 1 atom stereocenters. The van der Waals surface area contributed by atoms with Gasteiger partial charge in [-0.15, -0.1) is 0 Å². The fourth-order valence-electron chi connectivity index (χ4n) is 4.07. The number of aromatic nitrogens is 1. The number of halogens is 3. The van der Waals surface area contributed by atoms with Crippen LogP contribution in [0.5, 0.6) is 5.88 Å². The van der Waals surface area contributed by atoms with E-state index in [0.29, 0.717) is 43.7 Å². The summed E-state index contributed by atoms with van der Waals surface area (Å²) in [4.78, 5) is 20.5. The van der Waals surface area contributed by atoms with Gasteiger partial charge in [0.1, 0.15) is 12.4 Å². The molecule has 0 saturated carbocycles. The van der Waals surface area contributed by atoms with E-state index in [1.54, 1.807) is 18.2 Å². The molecule has 3 heterocycles. The summed E-state index contributed by atoms with van der Waals surface area (Å²) in [6, 6.07) is 8.34. The molecule has 2 aliphatic heterocycles. The van der Waals surface area contributed by atoms with Gasteiger partial charge < -0.3 is 34.4 Å². The predicted molar refractivity (Wildman–Crippen MR) is 138 cm³/mol. The Balaban J connectivity index is 0.00000195.